The van der Waals surface area contributed by atoms with E-state index in [9.17, 15) is 9.59 Å². The average Bonchev–Trinajstić information content (AvgIpc) is 2.91. The molecule has 0 aromatic heterocycles. The Morgan fingerprint density at radius 2 is 1.72 bits per heavy atom. The lowest BCUT2D eigenvalue weighted by atomic mass is 9.69. The fraction of sp³-hybridized carbons (Fsp3) is 0.469. The number of hydrogen-bond acceptors (Lipinski definition) is 7. The number of carbonyl (C=O) groups excluding carboxylic acids is 2. The van der Waals surface area contributed by atoms with E-state index >= 15 is 0 Å². The summed E-state index contributed by atoms with van der Waals surface area (Å²) in [7, 11) is 3.20. The van der Waals surface area contributed by atoms with Gasteiger partial charge < -0.3 is 18.9 Å². The Morgan fingerprint density at radius 1 is 1.00 bits per heavy atom. The van der Waals surface area contributed by atoms with E-state index in [0.717, 1.165) is 16.8 Å². The smallest absolute Gasteiger partial charge is 0.315 e. The molecule has 2 aliphatic rings. The van der Waals surface area contributed by atoms with Crippen molar-refractivity contribution < 1.29 is 28.5 Å². The van der Waals surface area contributed by atoms with Crippen LogP contribution < -0.4 is 14.2 Å². The van der Waals surface area contributed by atoms with Gasteiger partial charge in [-0.15, -0.1) is 0 Å². The number of hydrogen-bond donors (Lipinski definition) is 0. The molecule has 4 atom stereocenters. The van der Waals surface area contributed by atoms with Crippen LogP contribution in [-0.4, -0.2) is 43.9 Å². The maximum Gasteiger partial charge on any atom is 0.315 e. The van der Waals surface area contributed by atoms with E-state index in [-0.39, 0.29) is 29.9 Å². The molecule has 7 nitrogen and oxygen atoms in total. The van der Waals surface area contributed by atoms with Gasteiger partial charge in [0, 0.05) is 34.9 Å². The van der Waals surface area contributed by atoms with E-state index < -0.39 is 11.8 Å². The number of para-hydroxylation sites is 1. The molecule has 39 heavy (non-hydrogen) atoms. The maximum absolute atomic E-state index is 14.0. The van der Waals surface area contributed by atoms with Gasteiger partial charge in [-0.3, -0.25) is 14.6 Å². The molecule has 0 saturated carbocycles. The number of ketones is 1. The lowest BCUT2D eigenvalue weighted by molar-refractivity contribution is -0.151. The highest BCUT2D eigenvalue weighted by atomic mass is 16.5. The minimum atomic E-state index is -0.712. The van der Waals surface area contributed by atoms with E-state index in [1.54, 1.807) is 14.2 Å². The Labute approximate surface area is 231 Å². The van der Waals surface area contributed by atoms with Gasteiger partial charge in [0.2, 0.25) is 0 Å². The maximum atomic E-state index is 14.0. The first-order valence-corrected chi connectivity index (χ1v) is 13.7. The number of rotatable bonds is 9. The van der Waals surface area contributed by atoms with Crippen molar-refractivity contribution in [3.8, 4) is 17.2 Å². The number of Topliss-reactive ketones (excluding diaryl/α,β-unsaturated/α-hetero) is 1. The second-order valence-electron chi connectivity index (χ2n) is 10.6. The summed E-state index contributed by atoms with van der Waals surface area (Å²) < 4.78 is 22.9. The largest absolute Gasteiger partial charge is 0.493 e. The van der Waals surface area contributed by atoms with Crippen LogP contribution >= 0.6 is 0 Å². The zero-order valence-electron chi connectivity index (χ0n) is 23.9. The number of aliphatic imine (C=N–C) groups is 1. The molecule has 7 heteroatoms. The van der Waals surface area contributed by atoms with Gasteiger partial charge in [-0.1, -0.05) is 31.2 Å². The molecular formula is C32H39NO6. The Kier molecular flexibility index (Phi) is 8.78. The number of nitrogens with zero attached hydrogens (tertiary/aromatic N) is 1. The molecule has 0 amide bonds. The molecule has 1 aliphatic heterocycles. The van der Waals surface area contributed by atoms with Gasteiger partial charge in [-0.25, -0.2) is 0 Å². The van der Waals surface area contributed by atoms with Crippen molar-refractivity contribution in [1.82, 2.24) is 0 Å². The van der Waals surface area contributed by atoms with Gasteiger partial charge in [0.25, 0.3) is 0 Å². The second kappa shape index (κ2) is 12.1. The van der Waals surface area contributed by atoms with Crippen LogP contribution in [-0.2, 0) is 14.3 Å². The van der Waals surface area contributed by atoms with E-state index in [1.807, 2.05) is 77.1 Å². The Morgan fingerprint density at radius 3 is 2.38 bits per heavy atom. The number of benzene rings is 2. The summed E-state index contributed by atoms with van der Waals surface area (Å²) in [6, 6.07) is 13.4. The summed E-state index contributed by atoms with van der Waals surface area (Å²) in [6.07, 6.45) is 1.27. The van der Waals surface area contributed by atoms with E-state index in [4.69, 9.17) is 23.9 Å². The number of methoxy groups -OCH3 is 2. The third kappa shape index (κ3) is 5.87. The van der Waals surface area contributed by atoms with Gasteiger partial charge in [-0.2, -0.15) is 0 Å². The summed E-state index contributed by atoms with van der Waals surface area (Å²) in [6.45, 7) is 9.63. The van der Waals surface area contributed by atoms with Crippen molar-refractivity contribution in [2.24, 2.45) is 10.9 Å². The summed E-state index contributed by atoms with van der Waals surface area (Å²) in [5.74, 6) is 0.220. The van der Waals surface area contributed by atoms with Crippen molar-refractivity contribution >= 4 is 17.5 Å². The van der Waals surface area contributed by atoms with Crippen LogP contribution in [0.2, 0.25) is 0 Å². The molecular weight excluding hydrogens is 494 g/mol. The standard InChI is InChI=1S/C32H39NO6/c1-8-19(4)39-32(35)29-20(5)33-24-15-22(21-13-14-27(36-6)28(17-21)37-7)16-25(34)31(24)30(29)23-11-9-10-12-26(23)38-18(2)3/h9-14,17-19,22,29-30H,8,15-16H2,1-7H3/t19-,22+,29?,30+/m0/s1. The number of esters is 1. The van der Waals surface area contributed by atoms with Crippen LogP contribution in [0.25, 0.3) is 0 Å². The van der Waals surface area contributed by atoms with E-state index in [2.05, 4.69) is 0 Å². The predicted octanol–water partition coefficient (Wildman–Crippen LogP) is 6.41. The highest BCUT2D eigenvalue weighted by Gasteiger charge is 2.46. The summed E-state index contributed by atoms with van der Waals surface area (Å²) in [5.41, 5.74) is 3.74. The highest BCUT2D eigenvalue weighted by Crippen LogP contribution is 2.49. The number of carbonyl (C=O) groups is 2. The van der Waals surface area contributed by atoms with Crippen LogP contribution in [0, 0.1) is 5.92 Å². The first kappa shape index (κ1) is 28.4. The molecule has 1 unspecified atom stereocenters. The number of ether oxygens (including phenoxy) is 4. The zero-order chi connectivity index (χ0) is 28.3. The van der Waals surface area contributed by atoms with Crippen LogP contribution in [0.4, 0.5) is 0 Å². The Bertz CT molecular complexity index is 1290. The molecule has 4 rings (SSSR count). The second-order valence-corrected chi connectivity index (χ2v) is 10.6. The van der Waals surface area contributed by atoms with Crippen LogP contribution in [0.5, 0.6) is 17.2 Å². The third-order valence-corrected chi connectivity index (χ3v) is 7.53. The molecule has 0 N–H and O–H groups in total. The molecule has 0 spiro atoms. The fourth-order valence-electron chi connectivity index (χ4n) is 5.50. The van der Waals surface area contributed by atoms with Gasteiger partial charge in [0.05, 0.1) is 26.4 Å². The summed E-state index contributed by atoms with van der Waals surface area (Å²) in [5, 5.41) is 0. The number of allylic oxidation sites excluding steroid dienone is 2. The molecule has 0 saturated heterocycles. The quantitative estimate of drug-likeness (QED) is 0.347. The van der Waals surface area contributed by atoms with Crippen molar-refractivity contribution in [3.63, 3.8) is 0 Å². The minimum absolute atomic E-state index is 0.0158. The minimum Gasteiger partial charge on any atom is -0.493 e. The SMILES string of the molecule is CC[C@H](C)OC(=O)C1C(C)=NC2=C(C(=O)C[C@H](c3ccc(OC)c(OC)c3)C2)[C@@H]1c1ccccc1OC(C)C. The van der Waals surface area contributed by atoms with Gasteiger partial charge >= 0.3 is 5.97 Å². The Hall–Kier alpha value is -3.61. The fourth-order valence-corrected chi connectivity index (χ4v) is 5.50. The van der Waals surface area contributed by atoms with Crippen LogP contribution in [0.15, 0.2) is 58.7 Å². The molecule has 0 fully saturated rings. The average molecular weight is 534 g/mol. The van der Waals surface area contributed by atoms with Crippen molar-refractivity contribution in [2.45, 2.75) is 77.9 Å². The summed E-state index contributed by atoms with van der Waals surface area (Å²) >= 11 is 0. The van der Waals surface area contributed by atoms with Gasteiger partial charge in [0.1, 0.15) is 11.7 Å². The topological polar surface area (TPSA) is 83.4 Å². The lowest BCUT2D eigenvalue weighted by Crippen LogP contribution is -2.39. The molecule has 0 radical (unpaired) electrons. The molecule has 0 bridgehead atoms. The molecule has 1 aliphatic carbocycles. The predicted molar refractivity (Wildman–Crippen MR) is 151 cm³/mol. The normalized spacial score (nSPS) is 21.7. The van der Waals surface area contributed by atoms with E-state index in [1.165, 1.54) is 0 Å². The van der Waals surface area contributed by atoms with Crippen molar-refractivity contribution in [1.29, 1.82) is 0 Å². The van der Waals surface area contributed by atoms with Crippen molar-refractivity contribution in [2.75, 3.05) is 14.2 Å². The first-order chi connectivity index (χ1) is 18.7. The first-order valence-electron chi connectivity index (χ1n) is 13.7. The van der Waals surface area contributed by atoms with E-state index in [0.29, 0.717) is 47.8 Å². The summed E-state index contributed by atoms with van der Waals surface area (Å²) in [4.78, 5) is 32.5. The lowest BCUT2D eigenvalue weighted by Gasteiger charge is -2.37. The monoisotopic (exact) mass is 533 g/mol. The van der Waals surface area contributed by atoms with Gasteiger partial charge in [-0.05, 0) is 70.2 Å². The van der Waals surface area contributed by atoms with Crippen LogP contribution in [0.1, 0.15) is 76.8 Å². The molecule has 2 aromatic rings. The third-order valence-electron chi connectivity index (χ3n) is 7.53. The molecule has 1 heterocycles. The zero-order valence-corrected chi connectivity index (χ0v) is 23.9. The van der Waals surface area contributed by atoms with Gasteiger partial charge in [0.15, 0.2) is 17.3 Å². The molecule has 2 aromatic carbocycles. The molecule has 208 valence electrons. The van der Waals surface area contributed by atoms with Crippen molar-refractivity contribution in [3.05, 3.63) is 64.9 Å². The van der Waals surface area contributed by atoms with Crippen LogP contribution in [0.3, 0.4) is 0 Å². The Balaban J connectivity index is 1.81. The highest BCUT2D eigenvalue weighted by molar-refractivity contribution is 6.09.